The number of rotatable bonds is 7. The first kappa shape index (κ1) is 13.9. The van der Waals surface area contributed by atoms with Crippen molar-refractivity contribution in [2.24, 2.45) is 0 Å². The minimum atomic E-state index is -2.71. The molecule has 0 aromatic rings. The van der Waals surface area contributed by atoms with Crippen LogP contribution in [-0.4, -0.2) is 6.29 Å². The van der Waals surface area contributed by atoms with E-state index in [0.717, 1.165) is 25.2 Å². The van der Waals surface area contributed by atoms with Crippen molar-refractivity contribution in [2.75, 3.05) is 0 Å². The molecule has 0 saturated carbocycles. The van der Waals surface area contributed by atoms with Gasteiger partial charge in [0.25, 0.3) is 0 Å². The van der Waals surface area contributed by atoms with Crippen LogP contribution in [0.5, 0.6) is 0 Å². The van der Waals surface area contributed by atoms with E-state index in [1.807, 2.05) is 0 Å². The molecule has 0 aliphatic heterocycles. The predicted molar refractivity (Wildman–Crippen MR) is 58.2 cm³/mol. The zero-order chi connectivity index (χ0) is 11.1. The Morgan fingerprint density at radius 1 is 1.00 bits per heavy atom. The standard InChI is InChI=1S/C3H4O2.4C2H5.Ti/c4-2-1-3-5;4*1-2;/h1-4H;4*1H2,2H3;/q;;;;;+1/p-1. The van der Waals surface area contributed by atoms with Gasteiger partial charge in [-0.2, -0.15) is 0 Å². The number of carbonyl (C=O) groups excluding carboxylic acids is 1. The average molecular weight is 235 g/mol. The van der Waals surface area contributed by atoms with E-state index in [4.69, 9.17) is 3.32 Å². The second kappa shape index (κ2) is 5.72. The Hall–Kier alpha value is -0.0757. The van der Waals surface area contributed by atoms with E-state index in [0.29, 0.717) is 0 Å². The fourth-order valence-corrected chi connectivity index (χ4v) is 8.55. The van der Waals surface area contributed by atoms with Crippen LogP contribution in [0.3, 0.4) is 0 Å². The summed E-state index contributed by atoms with van der Waals surface area (Å²) in [6.07, 6.45) is 3.85. The number of hydrogen-bond donors (Lipinski definition) is 0. The van der Waals surface area contributed by atoms with E-state index in [9.17, 15) is 4.79 Å². The quantitative estimate of drug-likeness (QED) is 0.288. The molecule has 0 atom stereocenters. The van der Waals surface area contributed by atoms with Gasteiger partial charge in [0.2, 0.25) is 0 Å². The average Bonchev–Trinajstić information content (AvgIpc) is 2.27. The Balaban J connectivity index is 4.83. The van der Waals surface area contributed by atoms with Gasteiger partial charge in [-0.05, 0) is 0 Å². The molecule has 0 fully saturated rings. The molecule has 0 radical (unpaired) electrons. The minimum absolute atomic E-state index is 0.776. The molecular weight excluding hydrogens is 212 g/mol. The first-order valence-corrected chi connectivity index (χ1v) is 10.6. The van der Waals surface area contributed by atoms with Crippen LogP contribution in [0.1, 0.15) is 27.7 Å². The molecule has 83 valence electrons. The summed E-state index contributed by atoms with van der Waals surface area (Å²) < 4.78 is 10.7. The van der Waals surface area contributed by atoms with E-state index in [2.05, 4.69) is 27.7 Å². The third-order valence-corrected chi connectivity index (χ3v) is 16.6. The summed E-state index contributed by atoms with van der Waals surface area (Å²) in [5.74, 6) is 0. The predicted octanol–water partition coefficient (Wildman–Crippen LogP) is 4.07. The van der Waals surface area contributed by atoms with Gasteiger partial charge >= 0.3 is 89.0 Å². The van der Waals surface area contributed by atoms with Crippen LogP contribution in [0.15, 0.2) is 12.3 Å². The summed E-state index contributed by atoms with van der Waals surface area (Å²) in [6.45, 7) is 8.90. The van der Waals surface area contributed by atoms with Gasteiger partial charge < -0.3 is 0 Å². The Morgan fingerprint density at radius 2 is 1.43 bits per heavy atom. The number of allylic oxidation sites excluding steroid dienone is 1. The van der Waals surface area contributed by atoms with Gasteiger partial charge in [-0.15, -0.1) is 0 Å². The second-order valence-corrected chi connectivity index (χ2v) is 15.3. The molecule has 0 rings (SSSR count). The first-order valence-electron chi connectivity index (χ1n) is 5.58. The molecule has 0 amide bonds. The van der Waals surface area contributed by atoms with Crippen LogP contribution in [0.25, 0.3) is 0 Å². The summed E-state index contributed by atoms with van der Waals surface area (Å²) in [7, 11) is 0. The van der Waals surface area contributed by atoms with E-state index < -0.39 is 15.7 Å². The zero-order valence-corrected chi connectivity index (χ0v) is 11.4. The van der Waals surface area contributed by atoms with Crippen LogP contribution in [0.4, 0.5) is 0 Å². The number of aldehydes is 1. The number of carbonyl (C=O) groups is 1. The Labute approximate surface area is 89.1 Å². The normalized spacial score (nSPS) is 15.0. The number of hydrogen-bond acceptors (Lipinski definition) is 2. The van der Waals surface area contributed by atoms with Crippen molar-refractivity contribution >= 4 is 6.29 Å². The van der Waals surface area contributed by atoms with E-state index in [1.165, 1.54) is 6.08 Å². The van der Waals surface area contributed by atoms with Crippen molar-refractivity contribution in [3.63, 3.8) is 0 Å². The molecule has 0 unspecified atom stereocenters. The molecule has 2 nitrogen and oxygen atoms in total. The van der Waals surface area contributed by atoms with Crippen molar-refractivity contribution < 1.29 is 23.8 Å². The van der Waals surface area contributed by atoms with Gasteiger partial charge in [-0.1, -0.05) is 0 Å². The molecule has 0 aromatic carbocycles. The van der Waals surface area contributed by atoms with Gasteiger partial charge in [-0.25, -0.2) is 0 Å². The summed E-state index contributed by atoms with van der Waals surface area (Å²) in [5.41, 5.74) is 0. The fourth-order valence-electron chi connectivity index (χ4n) is 2.10. The molecule has 0 aromatic heterocycles. The van der Waals surface area contributed by atoms with Gasteiger partial charge in [0, 0.05) is 0 Å². The third kappa shape index (κ3) is 2.71. The van der Waals surface area contributed by atoms with E-state index in [1.54, 1.807) is 6.26 Å². The van der Waals surface area contributed by atoms with E-state index >= 15 is 0 Å². The van der Waals surface area contributed by atoms with Crippen LogP contribution < -0.4 is 0 Å². The zero-order valence-electron chi connectivity index (χ0n) is 9.88. The summed E-state index contributed by atoms with van der Waals surface area (Å²) in [6, 6.07) is 0. The molecular formula is C11H23O2Ti. The maximum atomic E-state index is 10.2. The summed E-state index contributed by atoms with van der Waals surface area (Å²) >= 11 is -2.71. The Morgan fingerprint density at radius 3 is 1.71 bits per heavy atom. The SMILES string of the molecule is C[CH2][Ti]([CH2]C)([CH2]C)([CH2]C)[O]C=CC=O. The van der Waals surface area contributed by atoms with Gasteiger partial charge in [0.05, 0.1) is 0 Å². The molecule has 3 heteroatoms. The van der Waals surface area contributed by atoms with Gasteiger partial charge in [0.15, 0.2) is 0 Å². The van der Waals surface area contributed by atoms with Crippen LogP contribution in [-0.2, 0) is 23.8 Å². The molecule has 0 saturated heterocycles. The summed E-state index contributed by atoms with van der Waals surface area (Å²) in [4.78, 5) is 10.2. The van der Waals surface area contributed by atoms with Crippen molar-refractivity contribution in [1.82, 2.24) is 0 Å². The summed E-state index contributed by atoms with van der Waals surface area (Å²) in [5, 5.41) is 0. The van der Waals surface area contributed by atoms with Gasteiger partial charge in [-0.3, -0.25) is 0 Å². The topological polar surface area (TPSA) is 26.3 Å². The van der Waals surface area contributed by atoms with Crippen molar-refractivity contribution in [3.05, 3.63) is 12.3 Å². The van der Waals surface area contributed by atoms with Crippen LogP contribution >= 0.6 is 0 Å². The van der Waals surface area contributed by atoms with E-state index in [-0.39, 0.29) is 0 Å². The fraction of sp³-hybridized carbons (Fsp3) is 0.727. The molecule has 0 aliphatic carbocycles. The molecule has 0 heterocycles. The third-order valence-electron chi connectivity index (χ3n) is 4.14. The second-order valence-electron chi connectivity index (χ2n) is 4.07. The monoisotopic (exact) mass is 235 g/mol. The van der Waals surface area contributed by atoms with Crippen molar-refractivity contribution in [2.45, 2.75) is 46.6 Å². The van der Waals surface area contributed by atoms with Crippen LogP contribution in [0.2, 0.25) is 18.9 Å². The molecule has 0 bridgehead atoms. The first-order chi connectivity index (χ1) is 6.62. The van der Waals surface area contributed by atoms with Crippen molar-refractivity contribution in [1.29, 1.82) is 0 Å². The van der Waals surface area contributed by atoms with Gasteiger partial charge in [0.1, 0.15) is 0 Å². The molecule has 0 N–H and O–H groups in total. The molecule has 0 spiro atoms. The Bertz CT molecular complexity index is 184. The van der Waals surface area contributed by atoms with Crippen LogP contribution in [0, 0.1) is 0 Å². The molecule has 14 heavy (non-hydrogen) atoms. The molecule has 0 aliphatic rings. The van der Waals surface area contributed by atoms with Crippen molar-refractivity contribution in [3.8, 4) is 0 Å². The maximum absolute atomic E-state index is 10.2. The Kier molecular flexibility index (Phi) is 5.69.